The average molecular weight is 258 g/mol. The molecule has 0 aliphatic heterocycles. The third-order valence-corrected chi connectivity index (χ3v) is 3.75. The van der Waals surface area contributed by atoms with Crippen LogP contribution in [0.3, 0.4) is 0 Å². The number of hydrogen-bond donors (Lipinski definition) is 0. The van der Waals surface area contributed by atoms with E-state index >= 15 is 0 Å². The maximum atomic E-state index is 12.5. The molecule has 0 saturated carbocycles. The van der Waals surface area contributed by atoms with Gasteiger partial charge in [-0.15, -0.1) is 0 Å². The minimum atomic E-state index is 0.0980. The van der Waals surface area contributed by atoms with Crippen molar-refractivity contribution in [1.29, 1.82) is 0 Å². The van der Waals surface area contributed by atoms with Crippen molar-refractivity contribution in [3.8, 4) is 0 Å². The van der Waals surface area contributed by atoms with Gasteiger partial charge in [0.15, 0.2) is 5.76 Å². The molecule has 2 nitrogen and oxygen atoms in total. The summed E-state index contributed by atoms with van der Waals surface area (Å²) in [7, 11) is 0. The lowest BCUT2D eigenvalue weighted by atomic mass is 9.93. The molecule has 0 saturated heterocycles. The van der Waals surface area contributed by atoms with Crippen LogP contribution in [0.15, 0.2) is 28.7 Å². The second-order valence-corrected chi connectivity index (χ2v) is 5.22. The summed E-state index contributed by atoms with van der Waals surface area (Å²) < 4.78 is 5.77. The lowest BCUT2D eigenvalue weighted by Crippen LogP contribution is -2.13. The van der Waals surface area contributed by atoms with Gasteiger partial charge in [-0.1, -0.05) is 44.9 Å². The van der Waals surface area contributed by atoms with E-state index in [0.29, 0.717) is 5.76 Å². The number of fused-ring (bicyclic) bond motifs is 1. The highest BCUT2D eigenvalue weighted by molar-refractivity contribution is 5.99. The van der Waals surface area contributed by atoms with Crippen LogP contribution in [-0.4, -0.2) is 5.78 Å². The van der Waals surface area contributed by atoms with Gasteiger partial charge >= 0.3 is 0 Å². The Morgan fingerprint density at radius 1 is 1.32 bits per heavy atom. The van der Waals surface area contributed by atoms with E-state index < -0.39 is 0 Å². The van der Waals surface area contributed by atoms with Crippen LogP contribution in [0.1, 0.15) is 55.6 Å². The van der Waals surface area contributed by atoms with E-state index in [-0.39, 0.29) is 11.7 Å². The molecule has 1 heterocycles. The van der Waals surface area contributed by atoms with E-state index in [0.717, 1.165) is 42.2 Å². The monoisotopic (exact) mass is 258 g/mol. The molecule has 0 N–H and O–H groups in total. The van der Waals surface area contributed by atoms with E-state index in [2.05, 4.69) is 13.8 Å². The Morgan fingerprint density at radius 2 is 2.11 bits per heavy atom. The van der Waals surface area contributed by atoms with Crippen molar-refractivity contribution in [2.75, 3.05) is 0 Å². The minimum absolute atomic E-state index is 0.0980. The fourth-order valence-electron chi connectivity index (χ4n) is 2.50. The molecule has 1 aromatic carbocycles. The first-order chi connectivity index (χ1) is 9.17. The second-order valence-electron chi connectivity index (χ2n) is 5.22. The van der Waals surface area contributed by atoms with Crippen LogP contribution >= 0.6 is 0 Å². The number of hydrogen-bond acceptors (Lipinski definition) is 2. The molecule has 1 aromatic heterocycles. The fraction of sp³-hybridized carbons (Fsp3) is 0.471. The third-order valence-electron chi connectivity index (χ3n) is 3.75. The molecule has 0 aliphatic carbocycles. The molecule has 0 spiro atoms. The first kappa shape index (κ1) is 13.9. The second kappa shape index (κ2) is 6.05. The Kier molecular flexibility index (Phi) is 4.41. The van der Waals surface area contributed by atoms with Crippen molar-refractivity contribution in [2.24, 2.45) is 5.92 Å². The van der Waals surface area contributed by atoms with Gasteiger partial charge in [0.2, 0.25) is 5.78 Å². The number of aryl methyl sites for hydroxylation is 1. The number of benzene rings is 1. The summed E-state index contributed by atoms with van der Waals surface area (Å²) in [6, 6.07) is 7.89. The van der Waals surface area contributed by atoms with E-state index in [1.54, 1.807) is 0 Å². The van der Waals surface area contributed by atoms with Gasteiger partial charge < -0.3 is 4.42 Å². The summed E-state index contributed by atoms with van der Waals surface area (Å²) in [5, 5.41) is 1.02. The van der Waals surface area contributed by atoms with Gasteiger partial charge in [0.1, 0.15) is 5.58 Å². The van der Waals surface area contributed by atoms with Gasteiger partial charge in [0, 0.05) is 11.3 Å². The summed E-state index contributed by atoms with van der Waals surface area (Å²) in [4.78, 5) is 12.5. The minimum Gasteiger partial charge on any atom is -0.453 e. The molecular formula is C17H22O2. The smallest absolute Gasteiger partial charge is 0.201 e. The number of rotatable bonds is 6. The van der Waals surface area contributed by atoms with Crippen molar-refractivity contribution >= 4 is 16.8 Å². The predicted octanol–water partition coefficient (Wildman–Crippen LogP) is 5.14. The van der Waals surface area contributed by atoms with Crippen LogP contribution in [0.5, 0.6) is 0 Å². The number of unbranched alkanes of at least 4 members (excludes halogenated alkanes) is 1. The van der Waals surface area contributed by atoms with Gasteiger partial charge in [-0.25, -0.2) is 0 Å². The number of carbonyl (C=O) groups excluding carboxylic acids is 1. The van der Waals surface area contributed by atoms with Gasteiger partial charge in [-0.2, -0.15) is 0 Å². The topological polar surface area (TPSA) is 30.2 Å². The van der Waals surface area contributed by atoms with E-state index in [1.807, 2.05) is 31.2 Å². The highest BCUT2D eigenvalue weighted by atomic mass is 16.3. The van der Waals surface area contributed by atoms with Crippen LogP contribution in [-0.2, 0) is 0 Å². The van der Waals surface area contributed by atoms with Gasteiger partial charge in [-0.05, 0) is 31.4 Å². The quantitative estimate of drug-likeness (QED) is 0.671. The van der Waals surface area contributed by atoms with Crippen molar-refractivity contribution in [3.63, 3.8) is 0 Å². The third kappa shape index (κ3) is 2.89. The standard InChI is InChI=1S/C17H22O2/c1-4-6-9-13(5-2)16(18)15-11-14-10-7-8-12(3)17(14)19-15/h7-8,10-11,13H,4-6,9H2,1-3H3. The number of carbonyl (C=O) groups is 1. The molecule has 1 atom stereocenters. The van der Waals surface area contributed by atoms with E-state index in [9.17, 15) is 4.79 Å². The lowest BCUT2D eigenvalue weighted by molar-refractivity contribution is 0.0881. The summed E-state index contributed by atoms with van der Waals surface area (Å²) in [5.74, 6) is 0.777. The SMILES string of the molecule is CCCCC(CC)C(=O)c1cc2cccc(C)c2o1. The first-order valence-electron chi connectivity index (χ1n) is 7.20. The van der Waals surface area contributed by atoms with Crippen LogP contribution in [0.25, 0.3) is 11.0 Å². The van der Waals surface area contributed by atoms with E-state index in [1.165, 1.54) is 0 Å². The maximum absolute atomic E-state index is 12.5. The zero-order valence-electron chi connectivity index (χ0n) is 12.0. The van der Waals surface area contributed by atoms with Crippen LogP contribution < -0.4 is 0 Å². The van der Waals surface area contributed by atoms with E-state index in [4.69, 9.17) is 4.42 Å². The summed E-state index contributed by atoms with van der Waals surface area (Å²) in [6.45, 7) is 6.24. The molecule has 2 aromatic rings. The molecule has 0 aliphatic rings. The van der Waals surface area contributed by atoms with Crippen LogP contribution in [0.4, 0.5) is 0 Å². The highest BCUT2D eigenvalue weighted by Gasteiger charge is 2.21. The lowest BCUT2D eigenvalue weighted by Gasteiger charge is -2.10. The zero-order valence-corrected chi connectivity index (χ0v) is 12.0. The van der Waals surface area contributed by atoms with Crippen molar-refractivity contribution in [2.45, 2.75) is 46.5 Å². The number of para-hydroxylation sites is 1. The number of ketones is 1. The zero-order chi connectivity index (χ0) is 13.8. The summed E-state index contributed by atoms with van der Waals surface area (Å²) in [5.41, 5.74) is 1.93. The Bertz CT molecular complexity index is 566. The maximum Gasteiger partial charge on any atom is 0.201 e. The van der Waals surface area contributed by atoms with Gasteiger partial charge in [-0.3, -0.25) is 4.79 Å². The number of furan rings is 1. The Labute approximate surface area is 114 Å². The molecule has 2 rings (SSSR count). The molecular weight excluding hydrogens is 236 g/mol. The average Bonchev–Trinajstić information content (AvgIpc) is 2.85. The Morgan fingerprint density at radius 3 is 2.74 bits per heavy atom. The number of Topliss-reactive ketones (excluding diaryl/α,β-unsaturated/α-hetero) is 1. The molecule has 2 heteroatoms. The highest BCUT2D eigenvalue weighted by Crippen LogP contribution is 2.26. The summed E-state index contributed by atoms with van der Waals surface area (Å²) in [6.07, 6.45) is 4.07. The molecule has 102 valence electrons. The molecule has 0 amide bonds. The fourth-order valence-corrected chi connectivity index (χ4v) is 2.50. The summed E-state index contributed by atoms with van der Waals surface area (Å²) >= 11 is 0. The Hall–Kier alpha value is -1.57. The van der Waals surface area contributed by atoms with Crippen molar-refractivity contribution < 1.29 is 9.21 Å². The molecule has 1 unspecified atom stereocenters. The van der Waals surface area contributed by atoms with Crippen molar-refractivity contribution in [1.82, 2.24) is 0 Å². The van der Waals surface area contributed by atoms with Crippen molar-refractivity contribution in [3.05, 3.63) is 35.6 Å². The Balaban J connectivity index is 2.27. The first-order valence-corrected chi connectivity index (χ1v) is 7.20. The molecule has 0 bridgehead atoms. The van der Waals surface area contributed by atoms with Crippen LogP contribution in [0, 0.1) is 12.8 Å². The largest absolute Gasteiger partial charge is 0.453 e. The normalized spacial score (nSPS) is 12.8. The van der Waals surface area contributed by atoms with Gasteiger partial charge in [0.05, 0.1) is 0 Å². The van der Waals surface area contributed by atoms with Crippen LogP contribution in [0.2, 0.25) is 0 Å². The molecule has 0 fully saturated rings. The molecule has 0 radical (unpaired) electrons. The van der Waals surface area contributed by atoms with Gasteiger partial charge in [0.25, 0.3) is 0 Å². The molecule has 19 heavy (non-hydrogen) atoms. The predicted molar refractivity (Wildman–Crippen MR) is 78.6 cm³/mol.